The van der Waals surface area contributed by atoms with Crippen LogP contribution in [-0.2, 0) is 15.0 Å². The van der Waals surface area contributed by atoms with E-state index in [0.717, 1.165) is 16.5 Å². The average Bonchev–Trinajstić information content (AvgIpc) is 3.00. The summed E-state index contributed by atoms with van der Waals surface area (Å²) in [7, 11) is -0.496. The summed E-state index contributed by atoms with van der Waals surface area (Å²) in [4.78, 5) is 12.4. The number of carbonyl (C=O) groups is 1. The number of hydrogen-bond donors (Lipinski definition) is 1. The van der Waals surface area contributed by atoms with Gasteiger partial charge in [-0.05, 0) is 19.3 Å². The molecule has 11 heteroatoms. The van der Waals surface area contributed by atoms with Gasteiger partial charge in [0.15, 0.2) is 4.34 Å². The number of carbonyl (C=O) groups excluding carboxylic acids is 1. The highest BCUT2D eigenvalue weighted by atomic mass is 32.2. The van der Waals surface area contributed by atoms with Gasteiger partial charge in [0.1, 0.15) is 0 Å². The third-order valence-corrected chi connectivity index (χ3v) is 7.69. The van der Waals surface area contributed by atoms with Gasteiger partial charge in [-0.15, -0.1) is 10.2 Å². The molecule has 1 aliphatic heterocycles. The first-order valence-electron chi connectivity index (χ1n) is 7.79. The van der Waals surface area contributed by atoms with Crippen LogP contribution in [0.2, 0.25) is 0 Å². The van der Waals surface area contributed by atoms with Gasteiger partial charge in [0.2, 0.25) is 11.0 Å². The van der Waals surface area contributed by atoms with Gasteiger partial charge in [-0.25, -0.2) is 0 Å². The Morgan fingerprint density at radius 3 is 2.88 bits per heavy atom. The summed E-state index contributed by atoms with van der Waals surface area (Å²) in [6.07, 6.45) is 2.38. The molecular formula is C13H23N5O3S3. The summed E-state index contributed by atoms with van der Waals surface area (Å²) >= 11 is 2.96. The smallest absolute Gasteiger partial charge is 0.281 e. The second kappa shape index (κ2) is 8.56. The number of piperidine rings is 1. The molecule has 1 fully saturated rings. The van der Waals surface area contributed by atoms with Crippen LogP contribution in [0.3, 0.4) is 0 Å². The highest BCUT2D eigenvalue weighted by Crippen LogP contribution is 2.27. The van der Waals surface area contributed by atoms with Crippen LogP contribution in [0.25, 0.3) is 0 Å². The fourth-order valence-corrected chi connectivity index (χ4v) is 5.18. The zero-order valence-electron chi connectivity index (χ0n) is 14.1. The molecule has 0 radical (unpaired) electrons. The van der Waals surface area contributed by atoms with E-state index in [2.05, 4.69) is 22.4 Å². The van der Waals surface area contributed by atoms with Crippen molar-refractivity contribution in [2.24, 2.45) is 5.92 Å². The summed E-state index contributed by atoms with van der Waals surface area (Å²) in [5.41, 5.74) is 0. The van der Waals surface area contributed by atoms with E-state index in [0.29, 0.717) is 24.5 Å². The topological polar surface area (TPSA) is 95.5 Å². The molecule has 0 aliphatic carbocycles. The quantitative estimate of drug-likeness (QED) is 0.557. The lowest BCUT2D eigenvalue weighted by Gasteiger charge is -2.32. The zero-order valence-corrected chi connectivity index (χ0v) is 16.5. The molecule has 1 unspecified atom stereocenters. The van der Waals surface area contributed by atoms with Crippen LogP contribution in [0.1, 0.15) is 26.2 Å². The number of nitrogens with one attached hydrogen (secondary N) is 1. The van der Waals surface area contributed by atoms with Gasteiger partial charge in [-0.2, -0.15) is 17.0 Å². The SMILES string of the molecule is CCCSc1nnc(NC(=O)C2CCCN(S(=O)(=O)N(C)C)C2)s1. The number of hydrogen-bond acceptors (Lipinski definition) is 7. The van der Waals surface area contributed by atoms with Crippen molar-refractivity contribution in [1.82, 2.24) is 18.8 Å². The van der Waals surface area contributed by atoms with Crippen LogP contribution in [0.4, 0.5) is 5.13 Å². The highest BCUT2D eigenvalue weighted by Gasteiger charge is 2.33. The summed E-state index contributed by atoms with van der Waals surface area (Å²) in [6.45, 7) is 2.73. The molecule has 0 spiro atoms. The Balaban J connectivity index is 1.96. The molecule has 136 valence electrons. The fourth-order valence-electron chi connectivity index (χ4n) is 2.31. The number of rotatable bonds is 7. The molecule has 8 nitrogen and oxygen atoms in total. The Hall–Kier alpha value is -0.750. The van der Waals surface area contributed by atoms with Gasteiger partial charge in [0.25, 0.3) is 10.2 Å². The Labute approximate surface area is 151 Å². The van der Waals surface area contributed by atoms with Gasteiger partial charge < -0.3 is 5.32 Å². The third kappa shape index (κ3) is 4.88. The number of amides is 1. The first-order valence-corrected chi connectivity index (χ1v) is 11.0. The van der Waals surface area contributed by atoms with Gasteiger partial charge in [-0.1, -0.05) is 30.0 Å². The van der Waals surface area contributed by atoms with E-state index in [-0.39, 0.29) is 18.4 Å². The number of thioether (sulfide) groups is 1. The van der Waals surface area contributed by atoms with Gasteiger partial charge in [0, 0.05) is 32.9 Å². The van der Waals surface area contributed by atoms with Crippen LogP contribution < -0.4 is 5.32 Å². The minimum Gasteiger partial charge on any atom is -0.300 e. The van der Waals surface area contributed by atoms with Gasteiger partial charge >= 0.3 is 0 Å². The minimum atomic E-state index is -3.49. The average molecular weight is 394 g/mol. The summed E-state index contributed by atoms with van der Waals surface area (Å²) in [5, 5.41) is 11.2. The second-order valence-corrected chi connectivity index (χ2v) is 10.2. The van der Waals surface area contributed by atoms with Crippen molar-refractivity contribution in [3.05, 3.63) is 0 Å². The minimum absolute atomic E-state index is 0.197. The maximum atomic E-state index is 12.4. The molecule has 1 aliphatic rings. The molecule has 1 atom stereocenters. The van der Waals surface area contributed by atoms with E-state index in [1.165, 1.54) is 34.0 Å². The van der Waals surface area contributed by atoms with Crippen molar-refractivity contribution < 1.29 is 13.2 Å². The highest BCUT2D eigenvalue weighted by molar-refractivity contribution is 8.01. The van der Waals surface area contributed by atoms with Gasteiger partial charge in [0.05, 0.1) is 5.92 Å². The standard InChI is InChI=1S/C13H23N5O3S3/c1-4-8-22-13-16-15-12(23-13)14-11(19)10-6-5-7-18(9-10)24(20,21)17(2)3/h10H,4-9H2,1-3H3,(H,14,15,19). The molecule has 2 heterocycles. The summed E-state index contributed by atoms with van der Waals surface area (Å²) in [6, 6.07) is 0. The van der Waals surface area contributed by atoms with Gasteiger partial charge in [-0.3, -0.25) is 4.79 Å². The zero-order chi connectivity index (χ0) is 17.7. The van der Waals surface area contributed by atoms with Crippen LogP contribution in [0.5, 0.6) is 0 Å². The molecule has 1 aromatic rings. The van der Waals surface area contributed by atoms with Crippen molar-refractivity contribution in [3.8, 4) is 0 Å². The van der Waals surface area contributed by atoms with Crippen molar-refractivity contribution >= 4 is 44.3 Å². The monoisotopic (exact) mass is 393 g/mol. The van der Waals surface area contributed by atoms with Crippen molar-refractivity contribution in [2.75, 3.05) is 38.3 Å². The molecule has 1 saturated heterocycles. The largest absolute Gasteiger partial charge is 0.300 e. The third-order valence-electron chi connectivity index (χ3n) is 3.61. The van der Waals surface area contributed by atoms with Crippen LogP contribution in [-0.4, -0.2) is 66.1 Å². The lowest BCUT2D eigenvalue weighted by molar-refractivity contribution is -0.120. The van der Waals surface area contributed by atoms with Crippen molar-refractivity contribution in [3.63, 3.8) is 0 Å². The molecule has 0 aromatic carbocycles. The van der Waals surface area contributed by atoms with E-state index < -0.39 is 10.2 Å². The number of aromatic nitrogens is 2. The van der Waals surface area contributed by atoms with E-state index >= 15 is 0 Å². The van der Waals surface area contributed by atoms with E-state index in [1.807, 2.05) is 0 Å². The maximum Gasteiger partial charge on any atom is 0.281 e. The molecule has 1 aromatic heterocycles. The van der Waals surface area contributed by atoms with Crippen molar-refractivity contribution in [1.29, 1.82) is 0 Å². The molecule has 1 amide bonds. The van der Waals surface area contributed by atoms with E-state index in [4.69, 9.17) is 0 Å². The fraction of sp³-hybridized carbons (Fsp3) is 0.769. The van der Waals surface area contributed by atoms with E-state index in [9.17, 15) is 13.2 Å². The summed E-state index contributed by atoms with van der Waals surface area (Å²) in [5.74, 6) is 0.392. The first kappa shape index (κ1) is 19.6. The molecule has 0 bridgehead atoms. The van der Waals surface area contributed by atoms with Crippen LogP contribution in [0.15, 0.2) is 4.34 Å². The Bertz CT molecular complexity index is 662. The maximum absolute atomic E-state index is 12.4. The summed E-state index contributed by atoms with van der Waals surface area (Å²) < 4.78 is 27.8. The molecule has 24 heavy (non-hydrogen) atoms. The predicted molar refractivity (Wildman–Crippen MR) is 96.5 cm³/mol. The van der Waals surface area contributed by atoms with Crippen LogP contribution in [0, 0.1) is 5.92 Å². The number of anilines is 1. The predicted octanol–water partition coefficient (Wildman–Crippen LogP) is 1.50. The molecule has 1 N–H and O–H groups in total. The van der Waals surface area contributed by atoms with Crippen molar-refractivity contribution in [2.45, 2.75) is 30.5 Å². The molecule has 2 rings (SSSR count). The lowest BCUT2D eigenvalue weighted by atomic mass is 9.99. The Morgan fingerprint density at radius 1 is 1.46 bits per heavy atom. The second-order valence-electron chi connectivity index (χ2n) is 5.70. The lowest BCUT2D eigenvalue weighted by Crippen LogP contribution is -2.47. The Kier molecular flexibility index (Phi) is 6.99. The van der Waals surface area contributed by atoms with Crippen LogP contribution >= 0.6 is 23.1 Å². The number of nitrogens with zero attached hydrogens (tertiary/aromatic N) is 4. The molecule has 0 saturated carbocycles. The van der Waals surface area contributed by atoms with E-state index in [1.54, 1.807) is 11.8 Å². The molecular weight excluding hydrogens is 370 g/mol. The Morgan fingerprint density at radius 2 is 2.21 bits per heavy atom. The first-order chi connectivity index (χ1) is 11.3. The normalized spacial score (nSPS) is 19.6.